The van der Waals surface area contributed by atoms with E-state index >= 15 is 0 Å². The number of aromatic nitrogens is 2. The summed E-state index contributed by atoms with van der Waals surface area (Å²) in [4.78, 5) is 3.38. The van der Waals surface area contributed by atoms with E-state index in [-0.39, 0.29) is 0 Å². The summed E-state index contributed by atoms with van der Waals surface area (Å²) >= 11 is 0. The average molecular weight is 414 g/mol. The summed E-state index contributed by atoms with van der Waals surface area (Å²) < 4.78 is 12.7. The van der Waals surface area contributed by atoms with Gasteiger partial charge in [0, 0.05) is 5.56 Å². The highest BCUT2D eigenvalue weighted by atomic mass is 16.5. The number of imidazole rings is 1. The van der Waals surface area contributed by atoms with Crippen LogP contribution in [0.5, 0.6) is 11.5 Å². The molecule has 0 aliphatic carbocycles. The van der Waals surface area contributed by atoms with Crippen LogP contribution in [0.15, 0.2) is 47.6 Å². The Labute approximate surface area is 180 Å². The maximum absolute atomic E-state index is 9.81. The molecule has 0 unspecified atom stereocenters. The van der Waals surface area contributed by atoms with Crippen LogP contribution in [0.4, 0.5) is 5.82 Å². The zero-order valence-electron chi connectivity index (χ0n) is 18.0. The van der Waals surface area contributed by atoms with E-state index in [4.69, 9.17) is 9.47 Å². The maximum Gasteiger partial charge on any atom is 0.253 e. The number of hydrazone groups is 1. The summed E-state index contributed by atoms with van der Waals surface area (Å²) in [6, 6.07) is 16.0. The molecule has 2 aromatic carbocycles. The molecule has 0 radical (unpaired) electrons. The first-order valence-electron chi connectivity index (χ1n) is 10.0. The first-order chi connectivity index (χ1) is 15.1. The number of pyridine rings is 1. The highest BCUT2D eigenvalue weighted by molar-refractivity contribution is 5.82. The number of benzene rings is 2. The molecule has 2 aromatic heterocycles. The van der Waals surface area contributed by atoms with Crippen molar-refractivity contribution in [2.75, 3.05) is 19.6 Å². The number of hydrogen-bond donors (Lipinski definition) is 2. The van der Waals surface area contributed by atoms with Crippen molar-refractivity contribution in [2.24, 2.45) is 5.10 Å². The van der Waals surface area contributed by atoms with Gasteiger partial charge in [0.05, 0.1) is 20.4 Å². The monoisotopic (exact) mass is 414 g/mol. The Morgan fingerprint density at radius 1 is 1.16 bits per heavy atom. The lowest BCUT2D eigenvalue weighted by molar-refractivity contribution is -0.465. The molecular weight excluding hydrogens is 390 g/mol. The van der Waals surface area contributed by atoms with Crippen LogP contribution >= 0.6 is 0 Å². The number of aromatic amines is 1. The van der Waals surface area contributed by atoms with Crippen molar-refractivity contribution in [3.05, 3.63) is 64.7 Å². The molecule has 0 spiro atoms. The molecule has 0 amide bonds. The number of nitrogens with one attached hydrogen (secondary N) is 2. The molecule has 0 saturated heterocycles. The predicted molar refractivity (Wildman–Crippen MR) is 121 cm³/mol. The van der Waals surface area contributed by atoms with Crippen LogP contribution in [0.3, 0.4) is 0 Å². The van der Waals surface area contributed by atoms with Gasteiger partial charge in [-0.15, -0.1) is 5.10 Å². The van der Waals surface area contributed by atoms with E-state index < -0.39 is 0 Å². The van der Waals surface area contributed by atoms with Gasteiger partial charge in [-0.25, -0.2) is 0 Å². The van der Waals surface area contributed by atoms with Crippen molar-refractivity contribution in [2.45, 2.75) is 20.3 Å². The van der Waals surface area contributed by atoms with Gasteiger partial charge in [-0.1, -0.05) is 19.1 Å². The molecule has 0 aliphatic heterocycles. The predicted octanol–water partition coefficient (Wildman–Crippen LogP) is 4.11. The van der Waals surface area contributed by atoms with Crippen molar-refractivity contribution in [3.63, 3.8) is 0 Å². The highest BCUT2D eigenvalue weighted by Gasteiger charge is 2.24. The van der Waals surface area contributed by atoms with E-state index in [1.165, 1.54) is 0 Å². The third-order valence-corrected chi connectivity index (χ3v) is 5.45. The van der Waals surface area contributed by atoms with Crippen LogP contribution in [-0.4, -0.2) is 25.4 Å². The van der Waals surface area contributed by atoms with Gasteiger partial charge in [0.25, 0.3) is 5.82 Å². The number of H-pyrrole nitrogens is 1. The number of anilines is 1. The summed E-state index contributed by atoms with van der Waals surface area (Å²) in [6.45, 7) is 4.06. The third kappa shape index (κ3) is 3.42. The fraction of sp³-hybridized carbons (Fsp3) is 0.208. The van der Waals surface area contributed by atoms with Crippen molar-refractivity contribution in [1.82, 2.24) is 4.98 Å². The molecule has 31 heavy (non-hydrogen) atoms. The standard InChI is InChI=1S/C24H23N5O2/c1-5-17-15(2)18(13-25)23-27-19-8-6-7-9-20(19)29(23)24(17)28-26-14-16-10-11-21(30-3)22(12-16)31-4/h6-12,14H,5H2,1-4H3,(H,27,28)/p+1. The lowest BCUT2D eigenvalue weighted by Gasteiger charge is -2.10. The number of fused-ring (bicyclic) bond motifs is 3. The van der Waals surface area contributed by atoms with E-state index in [9.17, 15) is 5.26 Å². The number of rotatable bonds is 6. The smallest absolute Gasteiger partial charge is 0.253 e. The Kier molecular flexibility index (Phi) is 5.46. The van der Waals surface area contributed by atoms with Crippen LogP contribution in [0, 0.1) is 18.3 Å². The van der Waals surface area contributed by atoms with Crippen LogP contribution in [0.25, 0.3) is 16.7 Å². The molecule has 0 saturated carbocycles. The Hall–Kier alpha value is -4.05. The lowest BCUT2D eigenvalue weighted by atomic mass is 10.0. The molecule has 0 aliphatic rings. The molecule has 4 rings (SSSR count). The van der Waals surface area contributed by atoms with Crippen molar-refractivity contribution < 1.29 is 13.9 Å². The van der Waals surface area contributed by atoms with Crippen molar-refractivity contribution in [1.29, 1.82) is 5.26 Å². The minimum Gasteiger partial charge on any atom is -0.493 e. The molecule has 4 aromatic rings. The second-order valence-electron chi connectivity index (χ2n) is 7.10. The largest absolute Gasteiger partial charge is 0.493 e. The van der Waals surface area contributed by atoms with Crippen LogP contribution in [0.2, 0.25) is 0 Å². The molecule has 2 heterocycles. The third-order valence-electron chi connectivity index (χ3n) is 5.45. The van der Waals surface area contributed by atoms with Gasteiger partial charge in [0.15, 0.2) is 11.5 Å². The zero-order valence-corrected chi connectivity index (χ0v) is 18.0. The number of methoxy groups -OCH3 is 2. The SMILES string of the molecule is CCc1c(C)c(C#N)c2[nH]c3ccccc3[n+]2c1NN=Cc1ccc(OC)c(OC)c1. The van der Waals surface area contributed by atoms with Gasteiger partial charge >= 0.3 is 0 Å². The molecule has 7 nitrogen and oxygen atoms in total. The number of para-hydroxylation sites is 2. The minimum absolute atomic E-state index is 0.641. The minimum atomic E-state index is 0.641. The van der Waals surface area contributed by atoms with Gasteiger partial charge in [-0.3, -0.25) is 4.98 Å². The first kappa shape index (κ1) is 20.2. The Bertz CT molecular complexity index is 1350. The molecule has 7 heteroatoms. The van der Waals surface area contributed by atoms with Gasteiger partial charge in [-0.2, -0.15) is 15.1 Å². The summed E-state index contributed by atoms with van der Waals surface area (Å²) in [5, 5.41) is 14.3. The molecule has 0 fully saturated rings. The maximum atomic E-state index is 9.81. The van der Waals surface area contributed by atoms with Crippen LogP contribution < -0.4 is 19.3 Å². The van der Waals surface area contributed by atoms with Crippen molar-refractivity contribution in [3.8, 4) is 17.6 Å². The second kappa shape index (κ2) is 8.36. The number of ether oxygens (including phenoxy) is 2. The van der Waals surface area contributed by atoms with Crippen molar-refractivity contribution >= 4 is 28.7 Å². The fourth-order valence-corrected chi connectivity index (χ4v) is 3.91. The van der Waals surface area contributed by atoms with Gasteiger partial charge in [0.1, 0.15) is 22.7 Å². The Balaban J connectivity index is 1.84. The molecular formula is C24H24N5O2+. The summed E-state index contributed by atoms with van der Waals surface area (Å²) in [6.07, 6.45) is 2.49. The summed E-state index contributed by atoms with van der Waals surface area (Å²) in [7, 11) is 3.21. The first-order valence-corrected chi connectivity index (χ1v) is 10.0. The van der Waals surface area contributed by atoms with E-state index in [0.29, 0.717) is 17.1 Å². The van der Waals surface area contributed by atoms with Gasteiger partial charge < -0.3 is 9.47 Å². The Morgan fingerprint density at radius 3 is 2.65 bits per heavy atom. The summed E-state index contributed by atoms with van der Waals surface area (Å²) in [5.41, 5.74) is 9.41. The lowest BCUT2D eigenvalue weighted by Crippen LogP contribution is -2.28. The van der Waals surface area contributed by atoms with Gasteiger partial charge in [-0.05, 0) is 54.8 Å². The molecule has 0 bridgehead atoms. The fourth-order valence-electron chi connectivity index (χ4n) is 3.91. The Morgan fingerprint density at radius 2 is 1.94 bits per heavy atom. The summed E-state index contributed by atoms with van der Waals surface area (Å²) in [5.74, 6) is 2.14. The van der Waals surface area contributed by atoms with E-state index in [2.05, 4.69) is 28.5 Å². The quantitative estimate of drug-likeness (QED) is 0.282. The van der Waals surface area contributed by atoms with Gasteiger partial charge in [0.2, 0.25) is 5.65 Å². The number of nitriles is 1. The van der Waals surface area contributed by atoms with E-state index in [1.807, 2.05) is 53.8 Å². The number of nitrogens with zero attached hydrogens (tertiary/aromatic N) is 3. The van der Waals surface area contributed by atoms with Crippen LogP contribution in [0.1, 0.15) is 29.2 Å². The van der Waals surface area contributed by atoms with Crippen LogP contribution in [-0.2, 0) is 6.42 Å². The second-order valence-corrected chi connectivity index (χ2v) is 7.10. The number of hydrogen-bond acceptors (Lipinski definition) is 5. The molecule has 2 N–H and O–H groups in total. The van der Waals surface area contributed by atoms with E-state index in [1.54, 1.807) is 20.4 Å². The topological polar surface area (TPSA) is 86.5 Å². The zero-order chi connectivity index (χ0) is 22.0. The average Bonchev–Trinajstić information content (AvgIpc) is 3.18. The van der Waals surface area contributed by atoms with E-state index in [0.717, 1.165) is 45.6 Å². The molecule has 0 atom stereocenters. The highest BCUT2D eigenvalue weighted by Crippen LogP contribution is 2.28. The normalized spacial score (nSPS) is 11.2. The molecule has 156 valence electrons.